The van der Waals surface area contributed by atoms with Crippen molar-refractivity contribution in [3.8, 4) is 0 Å². The van der Waals surface area contributed by atoms with E-state index in [1.54, 1.807) is 0 Å². The van der Waals surface area contributed by atoms with Gasteiger partial charge in [0.25, 0.3) is 0 Å². The molecule has 0 atom stereocenters. The van der Waals surface area contributed by atoms with Crippen LogP contribution in [0.15, 0.2) is 58.3 Å². The summed E-state index contributed by atoms with van der Waals surface area (Å²) in [6.07, 6.45) is 4.74. The monoisotopic (exact) mass is 244 g/mol. The highest BCUT2D eigenvalue weighted by Crippen LogP contribution is 2.56. The number of aryl methyl sites for hydroxylation is 2. The van der Waals surface area contributed by atoms with E-state index in [0.29, 0.717) is 0 Å². The predicted molar refractivity (Wildman–Crippen MR) is 78.3 cm³/mol. The van der Waals surface area contributed by atoms with Crippen LogP contribution in [-0.4, -0.2) is 12.5 Å². The van der Waals surface area contributed by atoms with Crippen molar-refractivity contribution in [2.45, 2.75) is 23.6 Å². The van der Waals surface area contributed by atoms with Crippen molar-refractivity contribution in [1.29, 1.82) is 0 Å². The zero-order valence-corrected chi connectivity index (χ0v) is 11.8. The summed E-state index contributed by atoms with van der Waals surface area (Å²) < 4.78 is 0. The number of hydrogen-bond acceptors (Lipinski definition) is 0. The Morgan fingerprint density at radius 3 is 1.94 bits per heavy atom. The fourth-order valence-electron chi connectivity index (χ4n) is 1.95. The van der Waals surface area contributed by atoms with Crippen molar-refractivity contribution in [1.82, 2.24) is 0 Å². The van der Waals surface area contributed by atoms with Crippen molar-refractivity contribution in [3.63, 3.8) is 0 Å². The molecule has 0 amide bonds. The quantitative estimate of drug-likeness (QED) is 0.713. The largest absolute Gasteiger partial charge is 0.194 e. The summed E-state index contributed by atoms with van der Waals surface area (Å²) in [6.45, 7) is 4.30. The second-order valence-corrected chi connectivity index (χ2v) is 8.55. The minimum atomic E-state index is -0.878. The van der Waals surface area contributed by atoms with Crippen LogP contribution in [0.2, 0.25) is 0 Å². The molecule has 0 unspecified atom stereocenters. The SMILES string of the molecule is Cc1ccc(S(C)(C)c2cccc(C)c2)cc1. The van der Waals surface area contributed by atoms with Crippen molar-refractivity contribution in [3.05, 3.63) is 59.7 Å². The molecular weight excluding hydrogens is 224 g/mol. The van der Waals surface area contributed by atoms with Gasteiger partial charge in [-0.15, -0.1) is 0 Å². The first-order valence-corrected chi connectivity index (χ1v) is 8.32. The van der Waals surface area contributed by atoms with Gasteiger partial charge in [0.05, 0.1) is 0 Å². The summed E-state index contributed by atoms with van der Waals surface area (Å²) >= 11 is 0. The molecule has 0 aliphatic rings. The normalized spacial score (nSPS) is 12.5. The molecular formula is C16H20S. The Bertz CT molecular complexity index is 509. The lowest BCUT2D eigenvalue weighted by molar-refractivity contribution is 1.30. The fourth-order valence-corrected chi connectivity index (χ4v) is 3.94. The summed E-state index contributed by atoms with van der Waals surface area (Å²) in [5, 5.41) is 0. The van der Waals surface area contributed by atoms with Gasteiger partial charge in [0.2, 0.25) is 0 Å². The van der Waals surface area contributed by atoms with Crippen LogP contribution in [0.3, 0.4) is 0 Å². The van der Waals surface area contributed by atoms with Gasteiger partial charge in [0, 0.05) is 0 Å². The Hall–Kier alpha value is -1.21. The van der Waals surface area contributed by atoms with Gasteiger partial charge in [0.15, 0.2) is 0 Å². The van der Waals surface area contributed by atoms with Crippen LogP contribution in [0.1, 0.15) is 11.1 Å². The maximum absolute atomic E-state index is 2.37. The highest BCUT2D eigenvalue weighted by molar-refractivity contribution is 8.32. The molecule has 2 aromatic carbocycles. The highest BCUT2D eigenvalue weighted by atomic mass is 32.3. The number of hydrogen-bond donors (Lipinski definition) is 0. The molecule has 0 heterocycles. The molecule has 0 radical (unpaired) electrons. The van der Waals surface area contributed by atoms with E-state index in [4.69, 9.17) is 0 Å². The molecule has 0 aliphatic heterocycles. The van der Waals surface area contributed by atoms with E-state index in [1.165, 1.54) is 20.9 Å². The molecule has 0 saturated carbocycles. The van der Waals surface area contributed by atoms with E-state index in [-0.39, 0.29) is 0 Å². The molecule has 2 rings (SSSR count). The van der Waals surface area contributed by atoms with Crippen LogP contribution < -0.4 is 0 Å². The zero-order valence-electron chi connectivity index (χ0n) is 11.0. The van der Waals surface area contributed by atoms with E-state index in [9.17, 15) is 0 Å². The Morgan fingerprint density at radius 1 is 0.706 bits per heavy atom. The van der Waals surface area contributed by atoms with Gasteiger partial charge in [-0.05, 0) is 60.4 Å². The van der Waals surface area contributed by atoms with Crippen molar-refractivity contribution in [2.24, 2.45) is 0 Å². The predicted octanol–water partition coefficient (Wildman–Crippen LogP) is 4.79. The maximum atomic E-state index is 2.37. The maximum Gasteiger partial charge on any atom is -0.00615 e. The lowest BCUT2D eigenvalue weighted by Gasteiger charge is -2.32. The van der Waals surface area contributed by atoms with E-state index >= 15 is 0 Å². The van der Waals surface area contributed by atoms with Crippen molar-refractivity contribution in [2.75, 3.05) is 12.5 Å². The van der Waals surface area contributed by atoms with Crippen LogP contribution in [-0.2, 0) is 0 Å². The minimum Gasteiger partial charge on any atom is -0.194 e. The molecule has 0 fully saturated rings. The zero-order chi connectivity index (χ0) is 12.5. The van der Waals surface area contributed by atoms with Crippen LogP contribution >= 0.6 is 10.0 Å². The molecule has 17 heavy (non-hydrogen) atoms. The second-order valence-electron chi connectivity index (χ2n) is 4.96. The van der Waals surface area contributed by atoms with Crippen LogP contribution in [0, 0.1) is 13.8 Å². The summed E-state index contributed by atoms with van der Waals surface area (Å²) in [4.78, 5) is 2.91. The van der Waals surface area contributed by atoms with Crippen molar-refractivity contribution >= 4 is 10.0 Å². The average Bonchev–Trinajstić information content (AvgIpc) is 2.29. The van der Waals surface area contributed by atoms with Crippen molar-refractivity contribution < 1.29 is 0 Å². The van der Waals surface area contributed by atoms with Gasteiger partial charge >= 0.3 is 0 Å². The minimum absolute atomic E-state index is 0.878. The Balaban J connectivity index is 2.45. The molecule has 90 valence electrons. The van der Waals surface area contributed by atoms with Gasteiger partial charge in [-0.25, -0.2) is 0 Å². The topological polar surface area (TPSA) is 0 Å². The number of benzene rings is 2. The van der Waals surface area contributed by atoms with Gasteiger partial charge in [-0.3, -0.25) is 0 Å². The highest BCUT2D eigenvalue weighted by Gasteiger charge is 2.17. The standard InChI is InChI=1S/C16H20S/c1-13-8-10-15(11-9-13)17(3,4)16-7-5-6-14(2)12-16/h5-12H,1-4H3. The summed E-state index contributed by atoms with van der Waals surface area (Å²) in [6, 6.07) is 17.8. The molecule has 2 aromatic rings. The lowest BCUT2D eigenvalue weighted by Crippen LogP contribution is -1.98. The summed E-state index contributed by atoms with van der Waals surface area (Å²) in [7, 11) is -0.878. The van der Waals surface area contributed by atoms with Gasteiger partial charge in [0.1, 0.15) is 0 Å². The first kappa shape index (κ1) is 12.3. The third kappa shape index (κ3) is 2.55. The van der Waals surface area contributed by atoms with E-state index < -0.39 is 10.0 Å². The second kappa shape index (κ2) is 4.58. The lowest BCUT2D eigenvalue weighted by atomic mass is 10.2. The van der Waals surface area contributed by atoms with Crippen LogP contribution in [0.4, 0.5) is 0 Å². The third-order valence-corrected chi connectivity index (χ3v) is 6.07. The first-order chi connectivity index (χ1) is 8.00. The average molecular weight is 244 g/mol. The molecule has 0 spiro atoms. The van der Waals surface area contributed by atoms with Gasteiger partial charge in [-0.1, -0.05) is 35.4 Å². The number of rotatable bonds is 2. The smallest absolute Gasteiger partial charge is 0.00615 e. The third-order valence-electron chi connectivity index (χ3n) is 3.19. The molecule has 0 saturated heterocycles. The summed E-state index contributed by atoms with van der Waals surface area (Å²) in [5.74, 6) is 0. The Morgan fingerprint density at radius 2 is 1.35 bits per heavy atom. The van der Waals surface area contributed by atoms with Gasteiger partial charge in [-0.2, -0.15) is 10.0 Å². The van der Waals surface area contributed by atoms with Crippen LogP contribution in [0.5, 0.6) is 0 Å². The van der Waals surface area contributed by atoms with E-state index in [1.807, 2.05) is 0 Å². The van der Waals surface area contributed by atoms with E-state index in [0.717, 1.165) is 0 Å². The first-order valence-electron chi connectivity index (χ1n) is 5.87. The molecule has 0 bridgehead atoms. The molecule has 0 aliphatic carbocycles. The van der Waals surface area contributed by atoms with Crippen LogP contribution in [0.25, 0.3) is 0 Å². The summed E-state index contributed by atoms with van der Waals surface area (Å²) in [5.41, 5.74) is 2.67. The Labute approximate surface area is 106 Å². The molecule has 1 heteroatoms. The molecule has 0 nitrogen and oxygen atoms in total. The molecule has 0 aromatic heterocycles. The van der Waals surface area contributed by atoms with Gasteiger partial charge < -0.3 is 0 Å². The molecule has 0 N–H and O–H groups in total. The Kier molecular flexibility index (Phi) is 3.30. The fraction of sp³-hybridized carbons (Fsp3) is 0.250. The van der Waals surface area contributed by atoms with E-state index in [2.05, 4.69) is 74.9 Å².